The molecule has 1 saturated heterocycles. The van der Waals surface area contributed by atoms with Crippen LogP contribution < -0.4 is 5.32 Å². The molecule has 0 radical (unpaired) electrons. The number of rotatable bonds is 10. The number of hydrogen-bond donors (Lipinski definition) is 1. The van der Waals surface area contributed by atoms with Gasteiger partial charge in [0, 0.05) is 58.5 Å². The molecule has 0 saturated carbocycles. The number of unbranched alkanes of at least 4 members (excludes halogenated alkanes) is 1. The van der Waals surface area contributed by atoms with Gasteiger partial charge in [-0.2, -0.15) is 0 Å². The van der Waals surface area contributed by atoms with Crippen LogP contribution in [-0.2, 0) is 4.74 Å². The van der Waals surface area contributed by atoms with Crippen molar-refractivity contribution < 1.29 is 4.74 Å². The monoisotopic (exact) mass is 374 g/mol. The number of ether oxygens (including phenoxy) is 1. The summed E-state index contributed by atoms with van der Waals surface area (Å²) in [6.07, 6.45) is 3.32. The van der Waals surface area contributed by atoms with Crippen molar-refractivity contribution in [2.45, 2.75) is 46.1 Å². The zero-order valence-electron chi connectivity index (χ0n) is 17.5. The Morgan fingerprint density at radius 2 is 1.81 bits per heavy atom. The van der Waals surface area contributed by atoms with Gasteiger partial charge in [0.15, 0.2) is 5.96 Å². The van der Waals surface area contributed by atoms with Crippen molar-refractivity contribution in [3.63, 3.8) is 0 Å². The lowest BCUT2D eigenvalue weighted by atomic mass is 10.0. The Bertz CT molecular complexity index is 526. The average Bonchev–Trinajstić information content (AvgIpc) is 2.72. The Hall–Kier alpha value is -1.59. The van der Waals surface area contributed by atoms with E-state index in [-0.39, 0.29) is 0 Å². The molecule has 1 aromatic carbocycles. The summed E-state index contributed by atoms with van der Waals surface area (Å²) in [5, 5.41) is 3.47. The van der Waals surface area contributed by atoms with Crippen LogP contribution in [0.4, 0.5) is 0 Å². The molecule has 0 amide bonds. The standard InChI is InChI=1S/C22H38N4O/c1-4-21(20-12-8-7-9-13-20)25-15-17-26(18-16-25)22(23-5-2)24-14-10-11-19-27-6-3/h7-9,12-13,21H,4-6,10-11,14-19H2,1-3H3,(H,23,24). The molecule has 152 valence electrons. The van der Waals surface area contributed by atoms with Crippen molar-refractivity contribution in [3.8, 4) is 0 Å². The summed E-state index contributed by atoms with van der Waals surface area (Å²) >= 11 is 0. The van der Waals surface area contributed by atoms with E-state index in [1.54, 1.807) is 0 Å². The van der Waals surface area contributed by atoms with Crippen molar-refractivity contribution in [1.29, 1.82) is 0 Å². The molecule has 0 aromatic heterocycles. The van der Waals surface area contributed by atoms with Gasteiger partial charge in [-0.25, -0.2) is 0 Å². The highest BCUT2D eigenvalue weighted by Crippen LogP contribution is 2.25. The van der Waals surface area contributed by atoms with Crippen LogP contribution in [0.3, 0.4) is 0 Å². The molecular formula is C22H38N4O. The molecule has 1 aliphatic rings. The summed E-state index contributed by atoms with van der Waals surface area (Å²) in [6.45, 7) is 14.2. The first-order valence-corrected chi connectivity index (χ1v) is 10.7. The molecule has 1 aliphatic heterocycles. The second-order valence-electron chi connectivity index (χ2n) is 7.00. The lowest BCUT2D eigenvalue weighted by Crippen LogP contribution is -2.53. The highest BCUT2D eigenvalue weighted by Gasteiger charge is 2.25. The number of hydrogen-bond acceptors (Lipinski definition) is 3. The van der Waals surface area contributed by atoms with E-state index in [0.717, 1.165) is 77.7 Å². The Labute approximate surface area is 165 Å². The Balaban J connectivity index is 1.85. The molecule has 0 aliphatic carbocycles. The predicted molar refractivity (Wildman–Crippen MR) is 114 cm³/mol. The van der Waals surface area contributed by atoms with Gasteiger partial charge in [-0.15, -0.1) is 0 Å². The second-order valence-corrected chi connectivity index (χ2v) is 7.00. The van der Waals surface area contributed by atoms with Gasteiger partial charge in [-0.05, 0) is 38.7 Å². The lowest BCUT2D eigenvalue weighted by molar-refractivity contribution is 0.127. The van der Waals surface area contributed by atoms with Crippen LogP contribution in [0.5, 0.6) is 0 Å². The number of benzene rings is 1. The van der Waals surface area contributed by atoms with E-state index < -0.39 is 0 Å². The average molecular weight is 375 g/mol. The van der Waals surface area contributed by atoms with Gasteiger partial charge in [-0.3, -0.25) is 9.89 Å². The predicted octanol–water partition coefficient (Wildman–Crippen LogP) is 3.54. The van der Waals surface area contributed by atoms with Gasteiger partial charge in [0.25, 0.3) is 0 Å². The summed E-state index contributed by atoms with van der Waals surface area (Å²) in [7, 11) is 0. The number of nitrogens with one attached hydrogen (secondary N) is 1. The van der Waals surface area contributed by atoms with Gasteiger partial charge < -0.3 is 15.0 Å². The maximum Gasteiger partial charge on any atom is 0.194 e. The molecule has 5 heteroatoms. The molecule has 0 spiro atoms. The molecule has 5 nitrogen and oxygen atoms in total. The largest absolute Gasteiger partial charge is 0.382 e. The van der Waals surface area contributed by atoms with Crippen LogP contribution in [0.25, 0.3) is 0 Å². The van der Waals surface area contributed by atoms with Crippen LogP contribution >= 0.6 is 0 Å². The van der Waals surface area contributed by atoms with Crippen LogP contribution in [0, 0.1) is 0 Å². The number of guanidine groups is 1. The highest BCUT2D eigenvalue weighted by molar-refractivity contribution is 5.80. The second kappa shape index (κ2) is 12.7. The molecule has 1 heterocycles. The van der Waals surface area contributed by atoms with E-state index >= 15 is 0 Å². The Morgan fingerprint density at radius 3 is 2.44 bits per heavy atom. The van der Waals surface area contributed by atoms with E-state index in [2.05, 4.69) is 59.3 Å². The third kappa shape index (κ3) is 7.15. The van der Waals surface area contributed by atoms with Crippen LogP contribution in [0.1, 0.15) is 51.6 Å². The maximum absolute atomic E-state index is 5.41. The summed E-state index contributed by atoms with van der Waals surface area (Å²) in [4.78, 5) is 9.88. The third-order valence-corrected chi connectivity index (χ3v) is 5.12. The van der Waals surface area contributed by atoms with Gasteiger partial charge in [-0.1, -0.05) is 37.3 Å². The van der Waals surface area contributed by atoms with E-state index in [4.69, 9.17) is 9.73 Å². The maximum atomic E-state index is 5.41. The highest BCUT2D eigenvalue weighted by atomic mass is 16.5. The molecule has 27 heavy (non-hydrogen) atoms. The van der Waals surface area contributed by atoms with E-state index in [9.17, 15) is 0 Å². The van der Waals surface area contributed by atoms with Crippen molar-refractivity contribution in [2.75, 3.05) is 52.5 Å². The zero-order valence-corrected chi connectivity index (χ0v) is 17.5. The summed E-state index contributed by atoms with van der Waals surface area (Å²) in [6, 6.07) is 11.4. The van der Waals surface area contributed by atoms with Gasteiger partial charge in [0.2, 0.25) is 0 Å². The van der Waals surface area contributed by atoms with Gasteiger partial charge >= 0.3 is 0 Å². The summed E-state index contributed by atoms with van der Waals surface area (Å²) < 4.78 is 5.41. The fourth-order valence-corrected chi connectivity index (χ4v) is 3.70. The Kier molecular flexibility index (Phi) is 10.2. The normalized spacial score (nSPS) is 17.1. The van der Waals surface area contributed by atoms with E-state index in [0.29, 0.717) is 6.04 Å². The molecule has 1 N–H and O–H groups in total. The molecule has 2 rings (SSSR count). The smallest absolute Gasteiger partial charge is 0.194 e. The van der Waals surface area contributed by atoms with Crippen LogP contribution in [0.2, 0.25) is 0 Å². The van der Waals surface area contributed by atoms with Crippen molar-refractivity contribution >= 4 is 5.96 Å². The summed E-state index contributed by atoms with van der Waals surface area (Å²) in [5.41, 5.74) is 1.43. The molecule has 1 unspecified atom stereocenters. The van der Waals surface area contributed by atoms with Gasteiger partial charge in [0.05, 0.1) is 0 Å². The summed E-state index contributed by atoms with van der Waals surface area (Å²) in [5.74, 6) is 1.07. The SMILES string of the molecule is CCNC(=NCCCCOCC)N1CCN(C(CC)c2ccccc2)CC1. The van der Waals surface area contributed by atoms with Crippen LogP contribution in [-0.4, -0.2) is 68.2 Å². The quantitative estimate of drug-likeness (QED) is 0.386. The minimum absolute atomic E-state index is 0.520. The number of aliphatic imine (C=N–C) groups is 1. The van der Waals surface area contributed by atoms with Gasteiger partial charge in [0.1, 0.15) is 0 Å². The molecule has 0 bridgehead atoms. The molecule has 1 fully saturated rings. The van der Waals surface area contributed by atoms with Crippen molar-refractivity contribution in [3.05, 3.63) is 35.9 Å². The first kappa shape index (κ1) is 21.7. The number of nitrogens with zero attached hydrogens (tertiary/aromatic N) is 3. The molecule has 1 atom stereocenters. The molecular weight excluding hydrogens is 336 g/mol. The molecule has 1 aromatic rings. The minimum atomic E-state index is 0.520. The minimum Gasteiger partial charge on any atom is -0.382 e. The van der Waals surface area contributed by atoms with Crippen molar-refractivity contribution in [1.82, 2.24) is 15.1 Å². The third-order valence-electron chi connectivity index (χ3n) is 5.12. The lowest BCUT2D eigenvalue weighted by Gasteiger charge is -2.40. The Morgan fingerprint density at radius 1 is 1.07 bits per heavy atom. The van der Waals surface area contributed by atoms with Crippen molar-refractivity contribution in [2.24, 2.45) is 4.99 Å². The number of piperazine rings is 1. The first-order valence-electron chi connectivity index (χ1n) is 10.7. The fraction of sp³-hybridized carbons (Fsp3) is 0.682. The first-order chi connectivity index (χ1) is 13.3. The van der Waals surface area contributed by atoms with E-state index in [1.807, 2.05) is 6.92 Å². The van der Waals surface area contributed by atoms with E-state index in [1.165, 1.54) is 5.56 Å². The topological polar surface area (TPSA) is 40.1 Å². The zero-order chi connectivity index (χ0) is 19.3. The fourth-order valence-electron chi connectivity index (χ4n) is 3.70. The van der Waals surface area contributed by atoms with Crippen LogP contribution in [0.15, 0.2) is 35.3 Å².